The zero-order valence-corrected chi connectivity index (χ0v) is 23.8. The van der Waals surface area contributed by atoms with Crippen LogP contribution in [0.5, 0.6) is 0 Å². The number of hydrogen-bond donors (Lipinski definition) is 3. The molecule has 0 bridgehead atoms. The number of sulfonamides is 1. The number of amides is 2. The van der Waals surface area contributed by atoms with Gasteiger partial charge in [-0.1, -0.05) is 36.4 Å². The van der Waals surface area contributed by atoms with E-state index in [9.17, 15) is 36.0 Å². The van der Waals surface area contributed by atoms with Crippen LogP contribution in [0.25, 0.3) is 11.3 Å². The first-order valence-corrected chi connectivity index (χ1v) is 14.7. The molecule has 1 aliphatic heterocycles. The van der Waals surface area contributed by atoms with E-state index in [1.54, 1.807) is 53.8 Å². The fourth-order valence-electron chi connectivity index (χ4n) is 4.42. The Bertz CT molecular complexity index is 1670. The molecule has 2 amide bonds. The molecule has 4 rings (SSSR count). The van der Waals surface area contributed by atoms with Crippen molar-refractivity contribution in [1.82, 2.24) is 5.32 Å². The van der Waals surface area contributed by atoms with Crippen molar-refractivity contribution in [2.75, 3.05) is 41.4 Å². The van der Waals surface area contributed by atoms with Crippen LogP contribution in [0.15, 0.2) is 72.8 Å². The number of halogens is 3. The van der Waals surface area contributed by atoms with E-state index in [0.717, 1.165) is 10.6 Å². The number of hydrogen-bond acceptors (Lipinski definition) is 7. The standard InChI is InChI=1S/C29H27F3N4O6S/c1-42-27(38)19-9-14-22-23(17-19)35-26(37)24(22)25(18-7-4-3-5-8-18)34-20-10-12-21(13-11-20)36(43(2,40)41)16-6-15-33-28(39)29(30,31)32/h3-5,7-14,17,34H,6,15-16H2,1-2H3,(H,33,39)(H,35,37)/b25-24-. The zero-order chi connectivity index (χ0) is 31.4. The number of alkyl halides is 3. The largest absolute Gasteiger partial charge is 0.471 e. The zero-order valence-electron chi connectivity index (χ0n) is 23.0. The molecule has 0 fully saturated rings. The average Bonchev–Trinajstić information content (AvgIpc) is 3.29. The summed E-state index contributed by atoms with van der Waals surface area (Å²) in [5.41, 5.74) is 3.48. The minimum absolute atomic E-state index is 0.0641. The normalized spacial score (nSPS) is 13.9. The topological polar surface area (TPSA) is 134 Å². The van der Waals surface area contributed by atoms with Crippen molar-refractivity contribution in [3.05, 3.63) is 89.5 Å². The lowest BCUT2D eigenvalue weighted by Gasteiger charge is -2.23. The smallest absolute Gasteiger partial charge is 0.465 e. The van der Waals surface area contributed by atoms with E-state index in [-0.39, 0.29) is 30.8 Å². The van der Waals surface area contributed by atoms with Gasteiger partial charge in [-0.2, -0.15) is 13.2 Å². The van der Waals surface area contributed by atoms with Gasteiger partial charge in [0.05, 0.1) is 41.6 Å². The van der Waals surface area contributed by atoms with Crippen molar-refractivity contribution >= 4 is 56.1 Å². The number of rotatable bonds is 10. The highest BCUT2D eigenvalue weighted by Crippen LogP contribution is 2.38. The number of nitrogens with one attached hydrogen (secondary N) is 3. The number of esters is 1. The number of benzene rings is 3. The summed E-state index contributed by atoms with van der Waals surface area (Å²) < 4.78 is 67.9. The summed E-state index contributed by atoms with van der Waals surface area (Å²) in [7, 11) is -2.55. The highest BCUT2D eigenvalue weighted by atomic mass is 32.2. The molecule has 3 aromatic rings. The lowest BCUT2D eigenvalue weighted by atomic mass is 9.99. The van der Waals surface area contributed by atoms with Crippen LogP contribution in [0.3, 0.4) is 0 Å². The van der Waals surface area contributed by atoms with Gasteiger partial charge in [0.15, 0.2) is 0 Å². The molecule has 0 radical (unpaired) electrons. The Balaban J connectivity index is 1.61. The molecular weight excluding hydrogens is 589 g/mol. The van der Waals surface area contributed by atoms with E-state index in [0.29, 0.717) is 33.8 Å². The van der Waals surface area contributed by atoms with E-state index >= 15 is 0 Å². The van der Waals surface area contributed by atoms with Crippen molar-refractivity contribution in [3.63, 3.8) is 0 Å². The molecular formula is C29H27F3N4O6S. The van der Waals surface area contributed by atoms with Gasteiger partial charge in [0.25, 0.3) is 5.91 Å². The molecule has 0 saturated heterocycles. The molecule has 0 aromatic heterocycles. The van der Waals surface area contributed by atoms with Crippen LogP contribution in [0.2, 0.25) is 0 Å². The predicted octanol–water partition coefficient (Wildman–Crippen LogP) is 4.24. The van der Waals surface area contributed by atoms with E-state index < -0.39 is 34.0 Å². The molecule has 0 saturated carbocycles. The third kappa shape index (κ3) is 7.33. The van der Waals surface area contributed by atoms with Gasteiger partial charge in [0.2, 0.25) is 10.0 Å². The lowest BCUT2D eigenvalue weighted by molar-refractivity contribution is -0.173. The monoisotopic (exact) mass is 616 g/mol. The maximum Gasteiger partial charge on any atom is 0.471 e. The summed E-state index contributed by atoms with van der Waals surface area (Å²) in [5, 5.41) is 7.74. The Kier molecular flexibility index (Phi) is 9.09. The summed E-state index contributed by atoms with van der Waals surface area (Å²) in [4.78, 5) is 36.2. The Morgan fingerprint density at radius 1 is 0.977 bits per heavy atom. The van der Waals surface area contributed by atoms with Crippen molar-refractivity contribution < 1.29 is 40.7 Å². The number of fused-ring (bicyclic) bond motifs is 1. The van der Waals surface area contributed by atoms with Crippen LogP contribution in [0, 0.1) is 0 Å². The molecule has 3 aromatic carbocycles. The van der Waals surface area contributed by atoms with Gasteiger partial charge in [0.1, 0.15) is 0 Å². The second kappa shape index (κ2) is 12.6. The minimum atomic E-state index is -5.03. The van der Waals surface area contributed by atoms with Crippen LogP contribution in [0.1, 0.15) is 27.9 Å². The molecule has 0 atom stereocenters. The summed E-state index contributed by atoms with van der Waals surface area (Å²) in [6, 6.07) is 20.0. The van der Waals surface area contributed by atoms with Gasteiger partial charge >= 0.3 is 18.1 Å². The van der Waals surface area contributed by atoms with E-state index in [1.807, 2.05) is 6.07 Å². The van der Waals surface area contributed by atoms with Crippen molar-refractivity contribution in [2.24, 2.45) is 0 Å². The average molecular weight is 617 g/mol. The second-order valence-electron chi connectivity index (χ2n) is 9.44. The summed E-state index contributed by atoms with van der Waals surface area (Å²) >= 11 is 0. The fourth-order valence-corrected chi connectivity index (χ4v) is 5.38. The quantitative estimate of drug-likeness (QED) is 0.176. The maximum atomic E-state index is 13.2. The lowest BCUT2D eigenvalue weighted by Crippen LogP contribution is -2.39. The number of anilines is 3. The third-order valence-corrected chi connectivity index (χ3v) is 7.60. The number of ether oxygens (including phenoxy) is 1. The predicted molar refractivity (Wildman–Crippen MR) is 156 cm³/mol. The second-order valence-corrected chi connectivity index (χ2v) is 11.3. The van der Waals surface area contributed by atoms with Gasteiger partial charge in [-0.15, -0.1) is 0 Å². The third-order valence-electron chi connectivity index (χ3n) is 6.40. The number of carbonyl (C=O) groups is 3. The molecule has 0 unspecified atom stereocenters. The first kappa shape index (κ1) is 31.1. The van der Waals surface area contributed by atoms with Crippen LogP contribution < -0.4 is 20.3 Å². The van der Waals surface area contributed by atoms with Crippen molar-refractivity contribution in [1.29, 1.82) is 0 Å². The SMILES string of the molecule is COC(=O)c1ccc2c(c1)NC(=O)/C2=C(\Nc1ccc(N(CCCNC(=O)C(F)(F)F)S(C)(=O)=O)cc1)c1ccccc1. The van der Waals surface area contributed by atoms with Gasteiger partial charge in [-0.05, 0) is 48.4 Å². The molecule has 43 heavy (non-hydrogen) atoms. The van der Waals surface area contributed by atoms with Gasteiger partial charge in [-0.3, -0.25) is 13.9 Å². The van der Waals surface area contributed by atoms with E-state index in [1.165, 1.54) is 25.3 Å². The number of nitrogens with zero attached hydrogens (tertiary/aromatic N) is 1. The molecule has 0 spiro atoms. The van der Waals surface area contributed by atoms with Crippen LogP contribution in [-0.2, 0) is 24.3 Å². The van der Waals surface area contributed by atoms with E-state index in [4.69, 9.17) is 4.74 Å². The van der Waals surface area contributed by atoms with Gasteiger partial charge < -0.3 is 20.7 Å². The Morgan fingerprint density at radius 3 is 2.26 bits per heavy atom. The van der Waals surface area contributed by atoms with Gasteiger partial charge in [0, 0.05) is 24.3 Å². The Hall–Kier alpha value is -4.85. The summed E-state index contributed by atoms with van der Waals surface area (Å²) in [6.07, 6.45) is -4.13. The number of methoxy groups -OCH3 is 1. The summed E-state index contributed by atoms with van der Waals surface area (Å²) in [6.45, 7) is -0.545. The van der Waals surface area contributed by atoms with Crippen molar-refractivity contribution in [2.45, 2.75) is 12.6 Å². The molecule has 0 aliphatic carbocycles. The van der Waals surface area contributed by atoms with Crippen LogP contribution >= 0.6 is 0 Å². The molecule has 1 heterocycles. The van der Waals surface area contributed by atoms with Crippen molar-refractivity contribution in [3.8, 4) is 0 Å². The molecule has 10 nitrogen and oxygen atoms in total. The first-order chi connectivity index (χ1) is 20.3. The van der Waals surface area contributed by atoms with Gasteiger partial charge in [-0.25, -0.2) is 13.2 Å². The first-order valence-electron chi connectivity index (χ1n) is 12.8. The van der Waals surface area contributed by atoms with Crippen LogP contribution in [-0.4, -0.2) is 58.8 Å². The van der Waals surface area contributed by atoms with Crippen LogP contribution in [0.4, 0.5) is 30.2 Å². The highest BCUT2D eigenvalue weighted by Gasteiger charge is 2.38. The van der Waals surface area contributed by atoms with E-state index in [2.05, 4.69) is 10.6 Å². The Morgan fingerprint density at radius 2 is 1.65 bits per heavy atom. The summed E-state index contributed by atoms with van der Waals surface area (Å²) in [5.74, 6) is -3.05. The molecule has 3 N–H and O–H groups in total. The Labute approximate surface area is 245 Å². The molecule has 226 valence electrons. The minimum Gasteiger partial charge on any atom is -0.465 e. The maximum absolute atomic E-state index is 13.2. The molecule has 1 aliphatic rings. The molecule has 14 heteroatoms. The highest BCUT2D eigenvalue weighted by molar-refractivity contribution is 7.92. The number of carbonyl (C=O) groups excluding carboxylic acids is 3. The fraction of sp³-hybridized carbons (Fsp3) is 0.207.